The third kappa shape index (κ3) is 4.94. The molecule has 0 radical (unpaired) electrons. The summed E-state index contributed by atoms with van der Waals surface area (Å²) in [7, 11) is 1.65. The SMILES string of the molecule is CCCCOc1cc(OC)ccc1CNCCO. The molecule has 0 fully saturated rings. The van der Waals surface area contributed by atoms with E-state index >= 15 is 0 Å². The second kappa shape index (κ2) is 8.78. The Morgan fingerprint density at radius 3 is 2.83 bits per heavy atom. The molecule has 0 saturated heterocycles. The van der Waals surface area contributed by atoms with Crippen molar-refractivity contribution in [1.29, 1.82) is 0 Å². The van der Waals surface area contributed by atoms with Crippen molar-refractivity contribution < 1.29 is 14.6 Å². The van der Waals surface area contributed by atoms with Crippen molar-refractivity contribution in [2.24, 2.45) is 0 Å². The number of hydrogen-bond acceptors (Lipinski definition) is 4. The Balaban J connectivity index is 2.66. The maximum atomic E-state index is 8.76. The summed E-state index contributed by atoms with van der Waals surface area (Å²) in [6.07, 6.45) is 2.16. The zero-order chi connectivity index (χ0) is 13.2. The number of ether oxygens (including phenoxy) is 2. The second-order valence-electron chi connectivity index (χ2n) is 4.08. The lowest BCUT2D eigenvalue weighted by atomic mass is 10.2. The first-order valence-corrected chi connectivity index (χ1v) is 6.43. The molecule has 0 atom stereocenters. The molecule has 0 spiro atoms. The van der Waals surface area contributed by atoms with Gasteiger partial charge in [0.1, 0.15) is 11.5 Å². The van der Waals surface area contributed by atoms with Crippen LogP contribution in [0.25, 0.3) is 0 Å². The van der Waals surface area contributed by atoms with Crippen LogP contribution in [-0.2, 0) is 6.54 Å². The largest absolute Gasteiger partial charge is 0.497 e. The molecule has 0 aliphatic rings. The van der Waals surface area contributed by atoms with Crippen molar-refractivity contribution in [3.8, 4) is 11.5 Å². The molecule has 4 nitrogen and oxygen atoms in total. The van der Waals surface area contributed by atoms with E-state index in [0.29, 0.717) is 13.1 Å². The number of hydrogen-bond donors (Lipinski definition) is 2. The molecular weight excluding hydrogens is 230 g/mol. The quantitative estimate of drug-likeness (QED) is 0.661. The summed E-state index contributed by atoms with van der Waals surface area (Å²) in [5.74, 6) is 1.65. The van der Waals surface area contributed by atoms with Crippen molar-refractivity contribution in [1.82, 2.24) is 5.32 Å². The fourth-order valence-electron chi connectivity index (χ4n) is 1.57. The summed E-state index contributed by atoms with van der Waals surface area (Å²) in [5.41, 5.74) is 1.08. The van der Waals surface area contributed by atoms with Gasteiger partial charge in [-0.15, -0.1) is 0 Å². The van der Waals surface area contributed by atoms with E-state index in [4.69, 9.17) is 14.6 Å². The minimum absolute atomic E-state index is 0.141. The number of aliphatic hydroxyl groups excluding tert-OH is 1. The Hall–Kier alpha value is -1.26. The van der Waals surface area contributed by atoms with Crippen LogP contribution >= 0.6 is 0 Å². The molecule has 4 heteroatoms. The number of benzene rings is 1. The molecule has 0 bridgehead atoms. The predicted molar refractivity (Wildman–Crippen MR) is 72.2 cm³/mol. The molecule has 1 aromatic rings. The molecule has 102 valence electrons. The highest BCUT2D eigenvalue weighted by Gasteiger charge is 2.05. The molecule has 1 rings (SSSR count). The van der Waals surface area contributed by atoms with E-state index < -0.39 is 0 Å². The van der Waals surface area contributed by atoms with Gasteiger partial charge in [-0.1, -0.05) is 19.4 Å². The van der Waals surface area contributed by atoms with Crippen LogP contribution in [0.15, 0.2) is 18.2 Å². The predicted octanol–water partition coefficient (Wildman–Crippen LogP) is 1.96. The molecular formula is C14H23NO3. The van der Waals surface area contributed by atoms with Crippen LogP contribution in [0.4, 0.5) is 0 Å². The molecule has 2 N–H and O–H groups in total. The summed E-state index contributed by atoms with van der Waals surface area (Å²) in [4.78, 5) is 0. The second-order valence-corrected chi connectivity index (χ2v) is 4.08. The van der Waals surface area contributed by atoms with Crippen LogP contribution in [0.3, 0.4) is 0 Å². The average Bonchev–Trinajstić information content (AvgIpc) is 2.40. The Morgan fingerprint density at radius 2 is 2.17 bits per heavy atom. The van der Waals surface area contributed by atoms with Gasteiger partial charge < -0.3 is 19.9 Å². The van der Waals surface area contributed by atoms with Crippen LogP contribution in [0.5, 0.6) is 11.5 Å². The van der Waals surface area contributed by atoms with Crippen molar-refractivity contribution in [3.05, 3.63) is 23.8 Å². The van der Waals surface area contributed by atoms with Gasteiger partial charge in [0.2, 0.25) is 0 Å². The van der Waals surface area contributed by atoms with Gasteiger partial charge >= 0.3 is 0 Å². The van der Waals surface area contributed by atoms with Gasteiger partial charge in [0.25, 0.3) is 0 Å². The Bertz CT molecular complexity index is 342. The van der Waals surface area contributed by atoms with Crippen LogP contribution in [-0.4, -0.2) is 32.0 Å². The fourth-order valence-corrected chi connectivity index (χ4v) is 1.57. The van der Waals surface area contributed by atoms with Gasteiger partial charge in [-0.25, -0.2) is 0 Å². The molecule has 0 aromatic heterocycles. The Labute approximate surface area is 109 Å². The standard InChI is InChI=1S/C14H23NO3/c1-3-4-9-18-14-10-13(17-2)6-5-12(14)11-15-7-8-16/h5-6,10,15-16H,3-4,7-9,11H2,1-2H3. The third-order valence-electron chi connectivity index (χ3n) is 2.63. The maximum Gasteiger partial charge on any atom is 0.127 e. The van der Waals surface area contributed by atoms with Gasteiger partial charge in [-0.05, 0) is 12.5 Å². The number of aliphatic hydroxyl groups is 1. The zero-order valence-electron chi connectivity index (χ0n) is 11.2. The maximum absolute atomic E-state index is 8.76. The number of rotatable bonds is 9. The van der Waals surface area contributed by atoms with E-state index in [1.165, 1.54) is 0 Å². The van der Waals surface area contributed by atoms with E-state index in [-0.39, 0.29) is 6.61 Å². The summed E-state index contributed by atoms with van der Waals surface area (Å²) in [6, 6.07) is 5.82. The van der Waals surface area contributed by atoms with Gasteiger partial charge in [0.15, 0.2) is 0 Å². The topological polar surface area (TPSA) is 50.7 Å². The lowest BCUT2D eigenvalue weighted by molar-refractivity contribution is 0.288. The number of methoxy groups -OCH3 is 1. The smallest absolute Gasteiger partial charge is 0.127 e. The molecule has 0 aliphatic carbocycles. The van der Waals surface area contributed by atoms with Crippen molar-refractivity contribution in [2.45, 2.75) is 26.3 Å². The lowest BCUT2D eigenvalue weighted by Gasteiger charge is -2.13. The highest BCUT2D eigenvalue weighted by Crippen LogP contribution is 2.25. The molecule has 0 amide bonds. The Morgan fingerprint density at radius 1 is 1.33 bits per heavy atom. The van der Waals surface area contributed by atoms with Gasteiger partial charge in [0, 0.05) is 24.7 Å². The monoisotopic (exact) mass is 253 g/mol. The summed E-state index contributed by atoms with van der Waals surface area (Å²) in [6.45, 7) is 4.27. The normalized spacial score (nSPS) is 10.4. The van der Waals surface area contributed by atoms with E-state index in [1.54, 1.807) is 7.11 Å². The Kier molecular flexibility index (Phi) is 7.22. The lowest BCUT2D eigenvalue weighted by Crippen LogP contribution is -2.18. The summed E-state index contributed by atoms with van der Waals surface area (Å²) < 4.78 is 11.0. The first kappa shape index (κ1) is 14.8. The van der Waals surface area contributed by atoms with Gasteiger partial charge in [0.05, 0.1) is 20.3 Å². The van der Waals surface area contributed by atoms with Crippen LogP contribution < -0.4 is 14.8 Å². The van der Waals surface area contributed by atoms with Gasteiger partial charge in [-0.3, -0.25) is 0 Å². The zero-order valence-corrected chi connectivity index (χ0v) is 11.2. The minimum Gasteiger partial charge on any atom is -0.497 e. The minimum atomic E-state index is 0.141. The summed E-state index contributed by atoms with van der Waals surface area (Å²) in [5, 5.41) is 11.9. The number of unbranched alkanes of at least 4 members (excludes halogenated alkanes) is 1. The van der Waals surface area contributed by atoms with E-state index in [9.17, 15) is 0 Å². The van der Waals surface area contributed by atoms with Crippen LogP contribution in [0.1, 0.15) is 25.3 Å². The molecule has 0 unspecified atom stereocenters. The third-order valence-corrected chi connectivity index (χ3v) is 2.63. The molecule has 1 aromatic carbocycles. The van der Waals surface area contributed by atoms with Crippen LogP contribution in [0, 0.1) is 0 Å². The molecule has 0 aliphatic heterocycles. The molecule has 0 heterocycles. The van der Waals surface area contributed by atoms with Gasteiger partial charge in [-0.2, -0.15) is 0 Å². The summed E-state index contributed by atoms with van der Waals surface area (Å²) >= 11 is 0. The molecule has 0 saturated carbocycles. The van der Waals surface area contributed by atoms with E-state index in [1.807, 2.05) is 18.2 Å². The number of nitrogens with one attached hydrogen (secondary N) is 1. The van der Waals surface area contributed by atoms with Crippen molar-refractivity contribution >= 4 is 0 Å². The van der Waals surface area contributed by atoms with E-state index in [0.717, 1.165) is 36.5 Å². The molecule has 18 heavy (non-hydrogen) atoms. The van der Waals surface area contributed by atoms with Crippen molar-refractivity contribution in [2.75, 3.05) is 26.9 Å². The fraction of sp³-hybridized carbons (Fsp3) is 0.571. The average molecular weight is 253 g/mol. The van der Waals surface area contributed by atoms with Crippen molar-refractivity contribution in [3.63, 3.8) is 0 Å². The highest BCUT2D eigenvalue weighted by molar-refractivity contribution is 5.40. The van der Waals surface area contributed by atoms with Crippen LogP contribution in [0.2, 0.25) is 0 Å². The first-order chi connectivity index (χ1) is 8.81. The first-order valence-electron chi connectivity index (χ1n) is 6.43. The van der Waals surface area contributed by atoms with E-state index in [2.05, 4.69) is 12.2 Å². The highest BCUT2D eigenvalue weighted by atomic mass is 16.5.